The van der Waals surface area contributed by atoms with Crippen LogP contribution in [-0.2, 0) is 11.3 Å². The number of carbonyl (C=O) groups is 3. The van der Waals surface area contributed by atoms with E-state index in [1.54, 1.807) is 102 Å². The summed E-state index contributed by atoms with van der Waals surface area (Å²) in [5.41, 5.74) is 0.842. The van der Waals surface area contributed by atoms with Crippen molar-refractivity contribution in [1.82, 2.24) is 20.5 Å². The molecule has 4 rings (SSSR count). The van der Waals surface area contributed by atoms with Crippen molar-refractivity contribution in [3.63, 3.8) is 0 Å². The molecule has 2 aromatic heterocycles. The summed E-state index contributed by atoms with van der Waals surface area (Å²) in [7, 11) is 1.51. The lowest BCUT2D eigenvalue weighted by Crippen LogP contribution is -2.78. The summed E-state index contributed by atoms with van der Waals surface area (Å²) < 4.78 is 10.9. The molecule has 0 bridgehead atoms. The molecule has 0 radical (unpaired) electrons. The quantitative estimate of drug-likeness (QED) is 0.0925. The van der Waals surface area contributed by atoms with E-state index in [4.69, 9.17) is 14.5 Å². The Bertz CT molecular complexity index is 1930. The standard InChI is InChI=1S/C37H42N6O7S/c1-35(2,3)37(42-33(45)46,43(34(47)48)36(4,5)6)39-21-23-12-10-13-24(18-23)26-19-28(25-14-8-9-15-29(25)50-22-49-7)40-31(27(26)20-38)41-32(44)30-16-11-17-51-30/h8-19,39,42H,21-22H2,1-7H3,(H,45,46)(H,47,48)(H,40,41,44). The Labute approximate surface area is 300 Å². The highest BCUT2D eigenvalue weighted by atomic mass is 32.1. The van der Waals surface area contributed by atoms with Crippen molar-refractivity contribution in [2.24, 2.45) is 5.41 Å². The lowest BCUT2D eigenvalue weighted by Gasteiger charge is -2.55. The fourth-order valence-corrected chi connectivity index (χ4v) is 6.37. The van der Waals surface area contributed by atoms with Crippen LogP contribution in [0.1, 0.15) is 62.3 Å². The van der Waals surface area contributed by atoms with Gasteiger partial charge in [-0.25, -0.2) is 14.6 Å². The number of pyridine rings is 1. The van der Waals surface area contributed by atoms with Crippen LogP contribution in [0, 0.1) is 16.7 Å². The van der Waals surface area contributed by atoms with Crippen LogP contribution >= 0.6 is 11.3 Å². The molecular weight excluding hydrogens is 673 g/mol. The van der Waals surface area contributed by atoms with Crippen molar-refractivity contribution in [3.05, 3.63) is 88.1 Å². The van der Waals surface area contributed by atoms with E-state index in [2.05, 4.69) is 22.0 Å². The lowest BCUT2D eigenvalue weighted by molar-refractivity contribution is -0.0858. The van der Waals surface area contributed by atoms with Gasteiger partial charge in [0.05, 0.1) is 10.6 Å². The first-order chi connectivity index (χ1) is 24.0. The monoisotopic (exact) mass is 714 g/mol. The number of carbonyl (C=O) groups excluding carboxylic acids is 1. The number of hydrogen-bond donors (Lipinski definition) is 5. The van der Waals surface area contributed by atoms with Gasteiger partial charge in [0.1, 0.15) is 17.4 Å². The molecule has 0 aliphatic heterocycles. The molecule has 4 aromatic rings. The number of aromatic nitrogens is 1. The zero-order valence-electron chi connectivity index (χ0n) is 29.5. The summed E-state index contributed by atoms with van der Waals surface area (Å²) in [6, 6.07) is 21.7. The molecule has 2 heterocycles. The number of carboxylic acid groups (broad SMARTS) is 2. The molecule has 0 aliphatic carbocycles. The Balaban J connectivity index is 1.86. The Morgan fingerprint density at radius 3 is 2.27 bits per heavy atom. The van der Waals surface area contributed by atoms with E-state index >= 15 is 0 Å². The molecule has 0 saturated heterocycles. The number of rotatable bonds is 12. The van der Waals surface area contributed by atoms with Gasteiger partial charge in [0.25, 0.3) is 5.91 Å². The first kappa shape index (κ1) is 38.3. The highest BCUT2D eigenvalue weighted by molar-refractivity contribution is 7.12. The first-order valence-electron chi connectivity index (χ1n) is 15.9. The van der Waals surface area contributed by atoms with Crippen molar-refractivity contribution in [2.75, 3.05) is 19.2 Å². The Hall–Kier alpha value is -5.49. The van der Waals surface area contributed by atoms with Gasteiger partial charge in [0.2, 0.25) is 0 Å². The number of ether oxygens (including phenoxy) is 2. The van der Waals surface area contributed by atoms with Crippen molar-refractivity contribution in [2.45, 2.75) is 59.4 Å². The smallest absolute Gasteiger partial charge is 0.410 e. The third-order valence-electron chi connectivity index (χ3n) is 7.96. The molecule has 0 fully saturated rings. The molecule has 3 amide bonds. The number of anilines is 1. The zero-order chi connectivity index (χ0) is 37.6. The molecule has 2 aromatic carbocycles. The van der Waals surface area contributed by atoms with E-state index < -0.39 is 34.8 Å². The lowest BCUT2D eigenvalue weighted by atomic mass is 9.82. The SMILES string of the molecule is COCOc1ccccc1-c1cc(-c2cccc(CNC(NC(=O)O)(N(C(=O)O)C(C)(C)C)C(C)(C)C)c2)c(C#N)c(NC(=O)c2cccs2)n1. The number of para-hydroxylation sites is 1. The predicted molar refractivity (Wildman–Crippen MR) is 194 cm³/mol. The van der Waals surface area contributed by atoms with Crippen molar-refractivity contribution >= 4 is 35.2 Å². The van der Waals surface area contributed by atoms with Gasteiger partial charge in [-0.2, -0.15) is 5.26 Å². The number of nitriles is 1. The highest BCUT2D eigenvalue weighted by Gasteiger charge is 2.54. The largest absolute Gasteiger partial charge is 0.467 e. The molecule has 51 heavy (non-hydrogen) atoms. The van der Waals surface area contributed by atoms with Gasteiger partial charge < -0.3 is 25.0 Å². The van der Waals surface area contributed by atoms with Crippen LogP contribution < -0.4 is 20.7 Å². The maximum atomic E-state index is 13.2. The second-order valence-electron chi connectivity index (χ2n) is 13.6. The van der Waals surface area contributed by atoms with E-state index in [-0.39, 0.29) is 24.7 Å². The molecule has 1 unspecified atom stereocenters. The van der Waals surface area contributed by atoms with E-state index in [1.165, 1.54) is 18.4 Å². The summed E-state index contributed by atoms with van der Waals surface area (Å²) in [5.74, 6) is -1.67. The van der Waals surface area contributed by atoms with E-state index in [1.807, 2.05) is 12.1 Å². The van der Waals surface area contributed by atoms with Crippen LogP contribution in [0.2, 0.25) is 0 Å². The third-order valence-corrected chi connectivity index (χ3v) is 8.83. The Morgan fingerprint density at radius 2 is 1.69 bits per heavy atom. The highest BCUT2D eigenvalue weighted by Crippen LogP contribution is 2.38. The topological polar surface area (TPSA) is 186 Å². The average molecular weight is 715 g/mol. The zero-order valence-corrected chi connectivity index (χ0v) is 30.3. The number of hydrogen-bond acceptors (Lipinski definition) is 9. The average Bonchev–Trinajstić information content (AvgIpc) is 3.60. The maximum Gasteiger partial charge on any atom is 0.410 e. The molecule has 268 valence electrons. The minimum atomic E-state index is -1.77. The van der Waals surface area contributed by atoms with Gasteiger partial charge in [-0.1, -0.05) is 57.2 Å². The summed E-state index contributed by atoms with van der Waals surface area (Å²) in [4.78, 5) is 44.4. The van der Waals surface area contributed by atoms with Crippen LogP contribution in [0.5, 0.6) is 5.75 Å². The van der Waals surface area contributed by atoms with Crippen LogP contribution in [-0.4, -0.2) is 63.4 Å². The molecule has 5 N–H and O–H groups in total. The molecular formula is C37H42N6O7S. The van der Waals surface area contributed by atoms with Crippen LogP contribution in [0.15, 0.2) is 72.1 Å². The van der Waals surface area contributed by atoms with E-state index in [0.29, 0.717) is 38.6 Å². The number of benzene rings is 2. The van der Waals surface area contributed by atoms with Gasteiger partial charge in [0.15, 0.2) is 18.4 Å². The van der Waals surface area contributed by atoms with Gasteiger partial charge in [-0.05, 0) is 67.6 Å². The molecule has 1 atom stereocenters. The minimum absolute atomic E-state index is 0.0154. The summed E-state index contributed by atoms with van der Waals surface area (Å²) in [5, 5.41) is 41.1. The maximum absolute atomic E-state index is 13.2. The summed E-state index contributed by atoms with van der Waals surface area (Å²) in [6.07, 6.45) is -2.72. The Morgan fingerprint density at radius 1 is 0.961 bits per heavy atom. The van der Waals surface area contributed by atoms with Crippen LogP contribution in [0.25, 0.3) is 22.4 Å². The fourth-order valence-electron chi connectivity index (χ4n) is 5.75. The third kappa shape index (κ3) is 8.64. The van der Waals surface area contributed by atoms with Crippen LogP contribution in [0.4, 0.5) is 15.4 Å². The first-order valence-corrected chi connectivity index (χ1v) is 16.8. The van der Waals surface area contributed by atoms with Crippen molar-refractivity contribution in [3.8, 4) is 34.2 Å². The van der Waals surface area contributed by atoms with Gasteiger partial charge in [-0.3, -0.25) is 20.3 Å². The second-order valence-corrected chi connectivity index (χ2v) is 14.5. The van der Waals surface area contributed by atoms with Crippen molar-refractivity contribution < 1.29 is 34.1 Å². The molecule has 0 saturated carbocycles. The van der Waals surface area contributed by atoms with E-state index in [9.17, 15) is 29.9 Å². The molecule has 14 heteroatoms. The van der Waals surface area contributed by atoms with Gasteiger partial charge >= 0.3 is 12.2 Å². The number of thiophene rings is 1. The predicted octanol–water partition coefficient (Wildman–Crippen LogP) is 7.42. The molecule has 0 aliphatic rings. The number of amides is 3. The van der Waals surface area contributed by atoms with Gasteiger partial charge in [0, 0.05) is 35.7 Å². The van der Waals surface area contributed by atoms with E-state index in [0.717, 1.165) is 4.90 Å². The number of methoxy groups -OCH3 is 1. The van der Waals surface area contributed by atoms with Crippen LogP contribution in [0.3, 0.4) is 0 Å². The Kier molecular flexibility index (Phi) is 11.7. The number of nitrogens with zero attached hydrogens (tertiary/aromatic N) is 3. The molecule has 0 spiro atoms. The second kappa shape index (κ2) is 15.6. The number of nitrogens with one attached hydrogen (secondary N) is 3. The summed E-state index contributed by atoms with van der Waals surface area (Å²) >= 11 is 1.25. The fraction of sp³-hybridized carbons (Fsp3) is 0.324. The molecule has 13 nitrogen and oxygen atoms in total. The normalized spacial score (nSPS) is 12.7. The summed E-state index contributed by atoms with van der Waals surface area (Å²) in [6.45, 7) is 10.3. The minimum Gasteiger partial charge on any atom is -0.467 e. The van der Waals surface area contributed by atoms with Crippen molar-refractivity contribution in [1.29, 1.82) is 5.26 Å². The van der Waals surface area contributed by atoms with Gasteiger partial charge in [-0.15, -0.1) is 11.3 Å².